The van der Waals surface area contributed by atoms with E-state index in [1.54, 1.807) is 6.92 Å². The standard InChI is InChI=1S/C21H24N4O5S/c1-4-15(14-8-6-5-7-9-14)22-20(29)24(12-26)17-10-13(2)25(18(17)27)21-23-16(11-31-21)19(28)30-3/h5-9,11-13,15,17H,4,10H2,1-3H3,(H,22,29)/t13?,15?,17-/m0/s1. The topological polar surface area (TPSA) is 109 Å². The van der Waals surface area contributed by atoms with Crippen LogP contribution < -0.4 is 10.2 Å². The van der Waals surface area contributed by atoms with Crippen molar-refractivity contribution in [2.75, 3.05) is 12.0 Å². The Morgan fingerprint density at radius 3 is 2.71 bits per heavy atom. The Labute approximate surface area is 184 Å². The Bertz CT molecular complexity index is 964. The molecule has 2 heterocycles. The average Bonchev–Trinajstić information content (AvgIpc) is 3.37. The van der Waals surface area contributed by atoms with E-state index in [-0.39, 0.29) is 24.2 Å². The maximum absolute atomic E-state index is 13.1. The summed E-state index contributed by atoms with van der Waals surface area (Å²) in [4.78, 5) is 55.9. The molecule has 1 aromatic carbocycles. The number of hydrogen-bond donors (Lipinski definition) is 1. The molecule has 0 spiro atoms. The summed E-state index contributed by atoms with van der Waals surface area (Å²) in [5.41, 5.74) is 1.01. The molecule has 1 aliphatic heterocycles. The zero-order chi connectivity index (χ0) is 22.5. The third-order valence-corrected chi connectivity index (χ3v) is 6.05. The van der Waals surface area contributed by atoms with Crippen molar-refractivity contribution in [1.29, 1.82) is 0 Å². The number of nitrogens with one attached hydrogen (secondary N) is 1. The van der Waals surface area contributed by atoms with Crippen LogP contribution in [0.5, 0.6) is 0 Å². The Kier molecular flexibility index (Phi) is 7.01. The molecular weight excluding hydrogens is 420 g/mol. The molecule has 4 amide bonds. The van der Waals surface area contributed by atoms with Crippen LogP contribution in [0.25, 0.3) is 0 Å². The molecule has 1 saturated heterocycles. The van der Waals surface area contributed by atoms with Gasteiger partial charge in [-0.1, -0.05) is 37.3 Å². The molecule has 1 aliphatic rings. The average molecular weight is 445 g/mol. The lowest BCUT2D eigenvalue weighted by Gasteiger charge is -2.25. The maximum atomic E-state index is 13.1. The minimum Gasteiger partial charge on any atom is -0.464 e. The highest BCUT2D eigenvalue weighted by molar-refractivity contribution is 7.14. The summed E-state index contributed by atoms with van der Waals surface area (Å²) in [6.07, 6.45) is 1.27. The van der Waals surface area contributed by atoms with Crippen molar-refractivity contribution in [2.24, 2.45) is 0 Å². The molecule has 10 heteroatoms. The summed E-state index contributed by atoms with van der Waals surface area (Å²) in [5, 5.41) is 4.66. The molecule has 9 nitrogen and oxygen atoms in total. The number of nitrogens with zero attached hydrogens (tertiary/aromatic N) is 3. The number of imide groups is 1. The number of aromatic nitrogens is 1. The summed E-state index contributed by atoms with van der Waals surface area (Å²) in [6, 6.07) is 7.24. The Morgan fingerprint density at radius 2 is 2.10 bits per heavy atom. The molecule has 31 heavy (non-hydrogen) atoms. The van der Waals surface area contributed by atoms with Crippen LogP contribution in [0.15, 0.2) is 35.7 Å². The Balaban J connectivity index is 1.76. The number of rotatable bonds is 7. The minimum atomic E-state index is -0.953. The number of carbonyl (C=O) groups excluding carboxylic acids is 4. The fourth-order valence-corrected chi connectivity index (χ4v) is 4.49. The number of methoxy groups -OCH3 is 1. The molecular formula is C21H24N4O5S. The Morgan fingerprint density at radius 1 is 1.39 bits per heavy atom. The van der Waals surface area contributed by atoms with Gasteiger partial charge in [0, 0.05) is 11.4 Å². The smallest absolute Gasteiger partial charge is 0.357 e. The third kappa shape index (κ3) is 4.58. The van der Waals surface area contributed by atoms with Crippen molar-refractivity contribution in [1.82, 2.24) is 15.2 Å². The fraction of sp³-hybridized carbons (Fsp3) is 0.381. The van der Waals surface area contributed by atoms with Crippen molar-refractivity contribution in [2.45, 2.75) is 44.8 Å². The fourth-order valence-electron chi connectivity index (χ4n) is 3.59. The van der Waals surface area contributed by atoms with Crippen LogP contribution in [-0.2, 0) is 14.3 Å². The number of thiazole rings is 1. The molecule has 1 N–H and O–H groups in total. The third-order valence-electron chi connectivity index (χ3n) is 5.21. The molecule has 3 atom stereocenters. The van der Waals surface area contributed by atoms with Gasteiger partial charge in [0.15, 0.2) is 10.8 Å². The van der Waals surface area contributed by atoms with E-state index in [9.17, 15) is 19.2 Å². The van der Waals surface area contributed by atoms with Gasteiger partial charge in [0.2, 0.25) is 6.41 Å². The van der Waals surface area contributed by atoms with Crippen LogP contribution in [0, 0.1) is 0 Å². The lowest BCUT2D eigenvalue weighted by atomic mass is 10.0. The molecule has 1 fully saturated rings. The number of hydrogen-bond acceptors (Lipinski definition) is 7. The minimum absolute atomic E-state index is 0.101. The van der Waals surface area contributed by atoms with Crippen LogP contribution in [0.1, 0.15) is 48.8 Å². The number of carbonyl (C=O) groups is 4. The molecule has 0 radical (unpaired) electrons. The van der Waals surface area contributed by atoms with Gasteiger partial charge in [0.25, 0.3) is 5.91 Å². The number of amides is 4. The quantitative estimate of drug-likeness (QED) is 0.520. The maximum Gasteiger partial charge on any atom is 0.357 e. The van der Waals surface area contributed by atoms with Gasteiger partial charge in [-0.25, -0.2) is 14.6 Å². The van der Waals surface area contributed by atoms with Crippen LogP contribution in [-0.4, -0.2) is 53.4 Å². The van der Waals surface area contributed by atoms with E-state index in [0.717, 1.165) is 21.8 Å². The molecule has 1 aromatic heterocycles. The van der Waals surface area contributed by atoms with Crippen molar-refractivity contribution >= 4 is 40.8 Å². The first-order chi connectivity index (χ1) is 14.9. The van der Waals surface area contributed by atoms with Gasteiger partial charge in [0.05, 0.1) is 13.2 Å². The van der Waals surface area contributed by atoms with E-state index in [2.05, 4.69) is 15.0 Å². The predicted molar refractivity (Wildman–Crippen MR) is 115 cm³/mol. The van der Waals surface area contributed by atoms with Gasteiger partial charge < -0.3 is 10.1 Å². The van der Waals surface area contributed by atoms with Crippen LogP contribution in [0.4, 0.5) is 9.93 Å². The van der Waals surface area contributed by atoms with Gasteiger partial charge in [0.1, 0.15) is 6.04 Å². The van der Waals surface area contributed by atoms with E-state index in [1.807, 2.05) is 37.3 Å². The first-order valence-electron chi connectivity index (χ1n) is 9.87. The van der Waals surface area contributed by atoms with Gasteiger partial charge >= 0.3 is 12.0 Å². The zero-order valence-electron chi connectivity index (χ0n) is 17.5. The second kappa shape index (κ2) is 9.69. The predicted octanol–water partition coefficient (Wildman–Crippen LogP) is 2.74. The van der Waals surface area contributed by atoms with Crippen molar-refractivity contribution < 1.29 is 23.9 Å². The SMILES string of the molecule is CCC(NC(=O)N(C=O)[C@H]1CC(C)N(c2nc(C(=O)OC)cs2)C1=O)c1ccccc1. The number of urea groups is 1. The van der Waals surface area contributed by atoms with Crippen molar-refractivity contribution in [3.63, 3.8) is 0 Å². The van der Waals surface area contributed by atoms with E-state index in [1.165, 1.54) is 17.4 Å². The number of anilines is 1. The van der Waals surface area contributed by atoms with Crippen molar-refractivity contribution in [3.8, 4) is 0 Å². The first-order valence-corrected chi connectivity index (χ1v) is 10.7. The summed E-state index contributed by atoms with van der Waals surface area (Å²) >= 11 is 1.13. The van der Waals surface area contributed by atoms with E-state index in [0.29, 0.717) is 18.0 Å². The first kappa shape index (κ1) is 22.4. The van der Waals surface area contributed by atoms with Crippen molar-refractivity contribution in [3.05, 3.63) is 47.0 Å². The molecule has 2 unspecified atom stereocenters. The molecule has 0 aliphatic carbocycles. The summed E-state index contributed by atoms with van der Waals surface area (Å²) in [5.74, 6) is -1.02. The molecule has 2 aromatic rings. The molecule has 3 rings (SSSR count). The van der Waals surface area contributed by atoms with Gasteiger partial charge in [-0.2, -0.15) is 0 Å². The number of ether oxygens (including phenoxy) is 1. The van der Waals surface area contributed by atoms with Gasteiger partial charge in [-0.3, -0.25) is 19.4 Å². The van der Waals surface area contributed by atoms with E-state index >= 15 is 0 Å². The summed E-state index contributed by atoms with van der Waals surface area (Å²) in [6.45, 7) is 3.73. The Hall–Kier alpha value is -3.27. The lowest BCUT2D eigenvalue weighted by Crippen LogP contribution is -2.49. The van der Waals surface area contributed by atoms with E-state index < -0.39 is 23.9 Å². The van der Waals surface area contributed by atoms with Crippen LogP contribution in [0.3, 0.4) is 0 Å². The summed E-state index contributed by atoms with van der Waals surface area (Å²) in [7, 11) is 1.25. The second-order valence-corrected chi connectivity index (χ2v) is 7.99. The highest BCUT2D eigenvalue weighted by atomic mass is 32.1. The van der Waals surface area contributed by atoms with Crippen LogP contribution in [0.2, 0.25) is 0 Å². The lowest BCUT2D eigenvalue weighted by molar-refractivity contribution is -0.127. The van der Waals surface area contributed by atoms with Gasteiger partial charge in [-0.15, -0.1) is 11.3 Å². The molecule has 164 valence electrons. The molecule has 0 bridgehead atoms. The highest BCUT2D eigenvalue weighted by Gasteiger charge is 2.44. The number of benzene rings is 1. The summed E-state index contributed by atoms with van der Waals surface area (Å²) < 4.78 is 4.65. The van der Waals surface area contributed by atoms with Gasteiger partial charge in [-0.05, 0) is 25.3 Å². The van der Waals surface area contributed by atoms with E-state index in [4.69, 9.17) is 0 Å². The second-order valence-electron chi connectivity index (χ2n) is 7.15. The monoisotopic (exact) mass is 444 g/mol. The number of esters is 1. The normalized spacial score (nSPS) is 19.1. The van der Waals surface area contributed by atoms with Crippen LogP contribution >= 0.6 is 11.3 Å². The highest BCUT2D eigenvalue weighted by Crippen LogP contribution is 2.32. The largest absolute Gasteiger partial charge is 0.464 e. The molecule has 0 saturated carbocycles. The zero-order valence-corrected chi connectivity index (χ0v) is 18.3.